The van der Waals surface area contributed by atoms with Gasteiger partial charge >= 0.3 is 0 Å². The van der Waals surface area contributed by atoms with Crippen LogP contribution in [0.4, 0.5) is 5.69 Å². The standard InChI is InChI=1S/C6H5NO2/c1-3-8-6-2-4-9-7-5(1)6/h1-4,7H. The van der Waals surface area contributed by atoms with Crippen molar-refractivity contribution in [3.63, 3.8) is 0 Å². The van der Waals surface area contributed by atoms with Crippen LogP contribution in [0.2, 0.25) is 0 Å². The van der Waals surface area contributed by atoms with E-state index in [2.05, 4.69) is 5.48 Å². The predicted octanol–water partition coefficient (Wildman–Crippen LogP) is 1.61. The van der Waals surface area contributed by atoms with E-state index < -0.39 is 0 Å². The van der Waals surface area contributed by atoms with Crippen molar-refractivity contribution in [1.82, 2.24) is 0 Å². The number of nitrogens with one attached hydrogen (secondary N) is 1. The van der Waals surface area contributed by atoms with Crippen LogP contribution in [0.25, 0.3) is 6.08 Å². The average molecular weight is 123 g/mol. The van der Waals surface area contributed by atoms with Crippen LogP contribution in [0.15, 0.2) is 23.0 Å². The van der Waals surface area contributed by atoms with Gasteiger partial charge in [0.25, 0.3) is 0 Å². The first-order valence-electron chi connectivity index (χ1n) is 2.62. The van der Waals surface area contributed by atoms with E-state index in [0.717, 1.165) is 11.4 Å². The molecule has 1 aliphatic rings. The van der Waals surface area contributed by atoms with Crippen LogP contribution in [0.3, 0.4) is 0 Å². The molecular weight excluding hydrogens is 118 g/mol. The average Bonchev–Trinajstić information content (AvgIpc) is 2.33. The summed E-state index contributed by atoms with van der Waals surface area (Å²) < 4.78 is 5.03. The molecule has 1 aliphatic heterocycles. The lowest BCUT2D eigenvalue weighted by Crippen LogP contribution is -1.97. The maximum atomic E-state index is 5.03. The largest absolute Gasteiger partial charge is 0.462 e. The zero-order valence-electron chi connectivity index (χ0n) is 4.63. The molecule has 0 atom stereocenters. The highest BCUT2D eigenvalue weighted by molar-refractivity contribution is 5.62. The van der Waals surface area contributed by atoms with Gasteiger partial charge in [0.1, 0.15) is 11.9 Å². The smallest absolute Gasteiger partial charge is 0.156 e. The van der Waals surface area contributed by atoms with Gasteiger partial charge in [0.15, 0.2) is 5.76 Å². The van der Waals surface area contributed by atoms with Gasteiger partial charge in [0, 0.05) is 12.1 Å². The summed E-state index contributed by atoms with van der Waals surface area (Å²) in [5.41, 5.74) is 3.53. The zero-order valence-corrected chi connectivity index (χ0v) is 4.63. The second-order valence-electron chi connectivity index (χ2n) is 1.72. The second kappa shape index (κ2) is 1.55. The van der Waals surface area contributed by atoms with Gasteiger partial charge in [-0.05, 0) is 0 Å². The third-order valence-corrected chi connectivity index (χ3v) is 1.15. The Morgan fingerprint density at radius 2 is 2.44 bits per heavy atom. The van der Waals surface area contributed by atoms with E-state index in [1.807, 2.05) is 0 Å². The van der Waals surface area contributed by atoms with Gasteiger partial charge in [-0.1, -0.05) is 0 Å². The molecule has 9 heavy (non-hydrogen) atoms. The fraction of sp³-hybridized carbons (Fsp3) is 0. The van der Waals surface area contributed by atoms with Crippen LogP contribution in [-0.4, -0.2) is 0 Å². The summed E-state index contributed by atoms with van der Waals surface area (Å²) in [4.78, 5) is 4.76. The minimum Gasteiger partial charge on any atom is -0.462 e. The number of hydrogen-bond donors (Lipinski definition) is 1. The fourth-order valence-corrected chi connectivity index (χ4v) is 0.728. The number of anilines is 1. The van der Waals surface area contributed by atoms with E-state index in [1.165, 1.54) is 6.26 Å². The first kappa shape index (κ1) is 4.49. The molecule has 3 nitrogen and oxygen atoms in total. The Balaban J connectivity index is 2.53. The summed E-state index contributed by atoms with van der Waals surface area (Å²) in [6.07, 6.45) is 4.90. The number of fused-ring (bicyclic) bond motifs is 1. The van der Waals surface area contributed by atoms with Crippen LogP contribution in [-0.2, 0) is 4.84 Å². The normalized spacial score (nSPS) is 13.8. The molecule has 0 aromatic carbocycles. The van der Waals surface area contributed by atoms with E-state index in [4.69, 9.17) is 9.25 Å². The molecule has 0 saturated heterocycles. The van der Waals surface area contributed by atoms with Crippen molar-refractivity contribution in [2.45, 2.75) is 0 Å². The summed E-state index contributed by atoms with van der Waals surface area (Å²) >= 11 is 0. The molecule has 0 amide bonds. The van der Waals surface area contributed by atoms with E-state index >= 15 is 0 Å². The van der Waals surface area contributed by atoms with Crippen molar-refractivity contribution in [1.29, 1.82) is 0 Å². The van der Waals surface area contributed by atoms with Crippen LogP contribution in [0.5, 0.6) is 0 Å². The van der Waals surface area contributed by atoms with Crippen molar-refractivity contribution in [3.8, 4) is 0 Å². The number of furan rings is 1. The van der Waals surface area contributed by atoms with E-state index in [9.17, 15) is 0 Å². The Labute approximate surface area is 51.9 Å². The topological polar surface area (TPSA) is 34.4 Å². The molecule has 1 aromatic rings. The highest BCUT2D eigenvalue weighted by Gasteiger charge is 2.04. The summed E-state index contributed by atoms with van der Waals surface area (Å²) in [6, 6.07) is 1.80. The summed E-state index contributed by atoms with van der Waals surface area (Å²) in [7, 11) is 0. The summed E-state index contributed by atoms with van der Waals surface area (Å²) in [6.45, 7) is 0. The van der Waals surface area contributed by atoms with E-state index in [0.29, 0.717) is 0 Å². The lowest BCUT2D eigenvalue weighted by molar-refractivity contribution is 0.326. The molecule has 0 spiro atoms. The van der Waals surface area contributed by atoms with E-state index in [-0.39, 0.29) is 0 Å². The molecule has 1 N–H and O–H groups in total. The minimum absolute atomic E-state index is 0.807. The van der Waals surface area contributed by atoms with Crippen molar-refractivity contribution in [2.75, 3.05) is 5.48 Å². The lowest BCUT2D eigenvalue weighted by atomic mass is 10.4. The monoisotopic (exact) mass is 123 g/mol. The van der Waals surface area contributed by atoms with Gasteiger partial charge in [-0.3, -0.25) is 0 Å². The maximum absolute atomic E-state index is 5.03. The van der Waals surface area contributed by atoms with Crippen LogP contribution >= 0.6 is 0 Å². The fourth-order valence-electron chi connectivity index (χ4n) is 0.728. The first-order chi connectivity index (χ1) is 4.47. The Morgan fingerprint density at radius 1 is 1.44 bits per heavy atom. The summed E-state index contributed by atoms with van der Waals surface area (Å²) in [5.74, 6) is 0.807. The van der Waals surface area contributed by atoms with Gasteiger partial charge < -0.3 is 9.25 Å². The Bertz CT molecular complexity index is 239. The quantitative estimate of drug-likeness (QED) is 0.569. The second-order valence-corrected chi connectivity index (χ2v) is 1.72. The Hall–Kier alpha value is -1.38. The number of hydrogen-bond acceptors (Lipinski definition) is 3. The highest BCUT2D eigenvalue weighted by Crippen LogP contribution is 2.21. The van der Waals surface area contributed by atoms with Gasteiger partial charge in [-0.15, -0.1) is 0 Å². The summed E-state index contributed by atoms with van der Waals surface area (Å²) in [5, 5.41) is 0. The Kier molecular flexibility index (Phi) is 0.773. The van der Waals surface area contributed by atoms with Gasteiger partial charge in [-0.25, -0.2) is 5.48 Å². The molecule has 0 unspecified atom stereocenters. The molecule has 2 heterocycles. The molecule has 46 valence electrons. The number of rotatable bonds is 0. The van der Waals surface area contributed by atoms with Gasteiger partial charge in [0.2, 0.25) is 0 Å². The predicted molar refractivity (Wildman–Crippen MR) is 32.4 cm³/mol. The third kappa shape index (κ3) is 0.579. The molecule has 0 bridgehead atoms. The molecule has 3 heteroatoms. The van der Waals surface area contributed by atoms with Gasteiger partial charge in [-0.2, -0.15) is 0 Å². The van der Waals surface area contributed by atoms with Crippen LogP contribution in [0.1, 0.15) is 5.76 Å². The third-order valence-electron chi connectivity index (χ3n) is 1.15. The van der Waals surface area contributed by atoms with Crippen molar-refractivity contribution < 1.29 is 9.25 Å². The maximum Gasteiger partial charge on any atom is 0.156 e. The van der Waals surface area contributed by atoms with E-state index in [1.54, 1.807) is 18.4 Å². The van der Waals surface area contributed by atoms with Crippen LogP contribution < -0.4 is 5.48 Å². The zero-order chi connectivity index (χ0) is 6.10. The SMILES string of the molecule is C1=Cc2occc2NO1. The van der Waals surface area contributed by atoms with Crippen molar-refractivity contribution in [3.05, 3.63) is 24.4 Å². The molecule has 0 saturated carbocycles. The highest BCUT2D eigenvalue weighted by atomic mass is 16.6. The first-order valence-corrected chi connectivity index (χ1v) is 2.62. The van der Waals surface area contributed by atoms with Gasteiger partial charge in [0.05, 0.1) is 6.26 Å². The minimum atomic E-state index is 0.807. The Morgan fingerprint density at radius 3 is 3.33 bits per heavy atom. The lowest BCUT2D eigenvalue weighted by Gasteiger charge is -2.05. The molecule has 0 aliphatic carbocycles. The van der Waals surface area contributed by atoms with Crippen molar-refractivity contribution >= 4 is 11.8 Å². The molecule has 1 aromatic heterocycles. The molecule has 2 rings (SSSR count). The van der Waals surface area contributed by atoms with Crippen LogP contribution in [0, 0.1) is 0 Å². The molecule has 0 radical (unpaired) electrons. The molecular formula is C6H5NO2. The molecule has 0 fully saturated rings. The van der Waals surface area contributed by atoms with Crippen molar-refractivity contribution in [2.24, 2.45) is 0 Å².